The zero-order valence-electron chi connectivity index (χ0n) is 8.01. The first-order valence-corrected chi connectivity index (χ1v) is 5.62. The van der Waals surface area contributed by atoms with Gasteiger partial charge in [0.05, 0.1) is 0 Å². The maximum absolute atomic E-state index is 11.3. The minimum absolute atomic E-state index is 0.156. The van der Waals surface area contributed by atoms with E-state index in [0.717, 1.165) is 11.6 Å². The number of carbonyl (C=O) groups is 1. The van der Waals surface area contributed by atoms with Gasteiger partial charge in [-0.25, -0.2) is 9.97 Å². The van der Waals surface area contributed by atoms with E-state index in [1.165, 1.54) is 0 Å². The molecule has 0 aromatic carbocycles. The van der Waals surface area contributed by atoms with Crippen molar-refractivity contribution in [3.8, 4) is 0 Å². The van der Waals surface area contributed by atoms with Gasteiger partial charge in [0.2, 0.25) is 0 Å². The van der Waals surface area contributed by atoms with Gasteiger partial charge in [-0.2, -0.15) is 0 Å². The van der Waals surface area contributed by atoms with Gasteiger partial charge in [0, 0.05) is 30.0 Å². The third kappa shape index (κ3) is 1.95. The van der Waals surface area contributed by atoms with E-state index in [4.69, 9.17) is 0 Å². The first-order chi connectivity index (χ1) is 6.77. The number of carbonyl (C=O) groups excluding carboxylic acids is 1. The third-order valence-electron chi connectivity index (χ3n) is 2.54. The summed E-state index contributed by atoms with van der Waals surface area (Å²) in [6.07, 6.45) is 5.14. The summed E-state index contributed by atoms with van der Waals surface area (Å²) in [5, 5.41) is 1.14. The van der Waals surface area contributed by atoms with Gasteiger partial charge in [-0.1, -0.05) is 18.7 Å². The Balaban J connectivity index is 2.02. The lowest BCUT2D eigenvalue weighted by Gasteiger charge is -2.11. The Morgan fingerprint density at radius 1 is 1.43 bits per heavy atom. The number of rotatable bonds is 2. The van der Waals surface area contributed by atoms with Gasteiger partial charge in [0.25, 0.3) is 0 Å². The molecule has 2 rings (SSSR count). The normalized spacial score (nSPS) is 26.8. The molecule has 0 bridgehead atoms. The number of nitrogens with zero attached hydrogens (tertiary/aromatic N) is 2. The van der Waals surface area contributed by atoms with Gasteiger partial charge >= 0.3 is 0 Å². The molecule has 0 N–H and O–H groups in total. The fraction of sp³-hybridized carbons (Fsp3) is 0.500. The predicted molar refractivity (Wildman–Crippen MR) is 55.1 cm³/mol. The Kier molecular flexibility index (Phi) is 2.82. The number of ketones is 1. The molecule has 1 saturated carbocycles. The first kappa shape index (κ1) is 9.65. The Hall–Kier alpha value is -0.900. The van der Waals surface area contributed by atoms with E-state index in [1.807, 2.05) is 6.92 Å². The topological polar surface area (TPSA) is 42.9 Å². The molecule has 0 saturated heterocycles. The van der Waals surface area contributed by atoms with Crippen LogP contribution >= 0.6 is 11.8 Å². The summed E-state index contributed by atoms with van der Waals surface area (Å²) >= 11 is 1.62. The monoisotopic (exact) mass is 208 g/mol. The van der Waals surface area contributed by atoms with Crippen molar-refractivity contribution >= 4 is 17.5 Å². The minimum atomic E-state index is 0.156. The molecule has 1 fully saturated rings. The van der Waals surface area contributed by atoms with Crippen LogP contribution in [0.2, 0.25) is 0 Å². The van der Waals surface area contributed by atoms with E-state index in [1.54, 1.807) is 30.2 Å². The van der Waals surface area contributed by atoms with E-state index in [9.17, 15) is 4.79 Å². The van der Waals surface area contributed by atoms with Crippen LogP contribution in [0.25, 0.3) is 0 Å². The SMILES string of the molecule is CC1C(=O)CCC1Sc1ncccn1. The van der Waals surface area contributed by atoms with Gasteiger partial charge in [0.15, 0.2) is 5.16 Å². The second kappa shape index (κ2) is 4.09. The van der Waals surface area contributed by atoms with Crippen LogP contribution in [0.3, 0.4) is 0 Å². The number of hydrogen-bond acceptors (Lipinski definition) is 4. The van der Waals surface area contributed by atoms with Crippen LogP contribution in [0.4, 0.5) is 0 Å². The smallest absolute Gasteiger partial charge is 0.187 e. The Morgan fingerprint density at radius 3 is 2.71 bits per heavy atom. The number of aromatic nitrogens is 2. The van der Waals surface area contributed by atoms with E-state index in [-0.39, 0.29) is 5.92 Å². The van der Waals surface area contributed by atoms with Crippen LogP contribution in [-0.2, 0) is 4.79 Å². The highest BCUT2D eigenvalue weighted by Crippen LogP contribution is 2.34. The highest BCUT2D eigenvalue weighted by atomic mass is 32.2. The fourth-order valence-corrected chi connectivity index (χ4v) is 2.72. The van der Waals surface area contributed by atoms with Crippen molar-refractivity contribution in [1.82, 2.24) is 9.97 Å². The van der Waals surface area contributed by atoms with E-state index in [0.29, 0.717) is 17.5 Å². The molecule has 3 nitrogen and oxygen atoms in total. The standard InChI is InChI=1S/C10H12N2OS/c1-7-8(13)3-4-9(7)14-10-11-5-2-6-12-10/h2,5-7,9H,3-4H2,1H3. The third-order valence-corrected chi connectivity index (χ3v) is 3.91. The molecule has 1 aromatic heterocycles. The maximum Gasteiger partial charge on any atom is 0.187 e. The van der Waals surface area contributed by atoms with Crippen molar-refractivity contribution in [3.05, 3.63) is 18.5 Å². The van der Waals surface area contributed by atoms with Crippen LogP contribution in [0, 0.1) is 5.92 Å². The molecule has 2 atom stereocenters. The van der Waals surface area contributed by atoms with Crippen molar-refractivity contribution in [2.45, 2.75) is 30.2 Å². The lowest BCUT2D eigenvalue weighted by atomic mass is 10.1. The molecule has 0 spiro atoms. The number of Topliss-reactive ketones (excluding diaryl/α,β-unsaturated/α-hetero) is 1. The summed E-state index contributed by atoms with van der Waals surface area (Å²) < 4.78 is 0. The second-order valence-corrected chi connectivity index (χ2v) is 4.69. The average molecular weight is 208 g/mol. The van der Waals surface area contributed by atoms with Gasteiger partial charge in [0.1, 0.15) is 5.78 Å². The summed E-state index contributed by atoms with van der Waals surface area (Å²) in [6.45, 7) is 2.00. The van der Waals surface area contributed by atoms with E-state index < -0.39 is 0 Å². The summed E-state index contributed by atoms with van der Waals surface area (Å²) in [5.74, 6) is 0.530. The van der Waals surface area contributed by atoms with Crippen LogP contribution < -0.4 is 0 Å². The lowest BCUT2D eigenvalue weighted by molar-refractivity contribution is -0.120. The minimum Gasteiger partial charge on any atom is -0.299 e. The van der Waals surface area contributed by atoms with Crippen molar-refractivity contribution in [3.63, 3.8) is 0 Å². The molecule has 0 amide bonds. The van der Waals surface area contributed by atoms with Crippen molar-refractivity contribution in [2.75, 3.05) is 0 Å². The van der Waals surface area contributed by atoms with Crippen LogP contribution in [-0.4, -0.2) is 21.0 Å². The Bertz CT molecular complexity index is 328. The van der Waals surface area contributed by atoms with Gasteiger partial charge in [-0.05, 0) is 12.5 Å². The Labute approximate surface area is 87.3 Å². The maximum atomic E-state index is 11.3. The Morgan fingerprint density at radius 2 is 2.14 bits per heavy atom. The molecule has 1 aromatic rings. The summed E-state index contributed by atoms with van der Waals surface area (Å²) in [7, 11) is 0. The average Bonchev–Trinajstić information content (AvgIpc) is 2.52. The molecule has 1 heterocycles. The quantitative estimate of drug-likeness (QED) is 0.697. The molecule has 0 aliphatic heterocycles. The van der Waals surface area contributed by atoms with Crippen LogP contribution in [0.1, 0.15) is 19.8 Å². The molecule has 74 valence electrons. The molecule has 2 unspecified atom stereocenters. The summed E-state index contributed by atoms with van der Waals surface area (Å²) in [5.41, 5.74) is 0. The number of thioether (sulfide) groups is 1. The van der Waals surface area contributed by atoms with Crippen LogP contribution in [0.15, 0.2) is 23.6 Å². The predicted octanol–water partition coefficient (Wildman–Crippen LogP) is 1.94. The van der Waals surface area contributed by atoms with Gasteiger partial charge in [-0.15, -0.1) is 0 Å². The lowest BCUT2D eigenvalue weighted by Crippen LogP contribution is -2.12. The zero-order chi connectivity index (χ0) is 9.97. The molecule has 1 aliphatic carbocycles. The highest BCUT2D eigenvalue weighted by molar-refractivity contribution is 7.99. The summed E-state index contributed by atoms with van der Waals surface area (Å²) in [4.78, 5) is 19.6. The fourth-order valence-electron chi connectivity index (χ4n) is 1.61. The van der Waals surface area contributed by atoms with E-state index in [2.05, 4.69) is 9.97 Å². The van der Waals surface area contributed by atoms with Crippen LogP contribution in [0.5, 0.6) is 0 Å². The molecule has 4 heteroatoms. The molecule has 14 heavy (non-hydrogen) atoms. The first-order valence-electron chi connectivity index (χ1n) is 4.74. The number of hydrogen-bond donors (Lipinski definition) is 0. The van der Waals surface area contributed by atoms with Gasteiger partial charge < -0.3 is 0 Å². The van der Waals surface area contributed by atoms with Crippen molar-refractivity contribution in [2.24, 2.45) is 5.92 Å². The molecule has 0 radical (unpaired) electrons. The van der Waals surface area contributed by atoms with Crippen molar-refractivity contribution in [1.29, 1.82) is 0 Å². The molecule has 1 aliphatic rings. The second-order valence-electron chi connectivity index (χ2n) is 3.48. The largest absolute Gasteiger partial charge is 0.299 e. The van der Waals surface area contributed by atoms with Crippen molar-refractivity contribution < 1.29 is 4.79 Å². The summed E-state index contributed by atoms with van der Waals surface area (Å²) in [6, 6.07) is 1.80. The van der Waals surface area contributed by atoms with E-state index >= 15 is 0 Å². The zero-order valence-corrected chi connectivity index (χ0v) is 8.83. The van der Waals surface area contributed by atoms with Gasteiger partial charge in [-0.3, -0.25) is 4.79 Å². The highest BCUT2D eigenvalue weighted by Gasteiger charge is 2.31. The molecular formula is C10H12N2OS. The molecular weight excluding hydrogens is 196 g/mol.